The lowest BCUT2D eigenvalue weighted by molar-refractivity contribution is -0.140. The third-order valence-electron chi connectivity index (χ3n) is 3.67. The van der Waals surface area contributed by atoms with E-state index in [1.54, 1.807) is 13.8 Å². The molecule has 0 unspecified atom stereocenters. The van der Waals surface area contributed by atoms with Crippen LogP contribution in [0.15, 0.2) is 52.0 Å². The number of nitriles is 1. The maximum atomic E-state index is 12.6. The van der Waals surface area contributed by atoms with Crippen LogP contribution in [0.4, 0.5) is 0 Å². The molecule has 2 rings (SSSR count). The zero-order valence-electron chi connectivity index (χ0n) is 15.1. The molecule has 2 heterocycles. The van der Waals surface area contributed by atoms with E-state index in [0.29, 0.717) is 28.5 Å². The first kappa shape index (κ1) is 20.8. The molecule has 1 atom stereocenters. The molecule has 0 radical (unpaired) electrons. The Morgan fingerprint density at radius 1 is 1.48 bits per heavy atom. The number of dihydropyridines is 1. The van der Waals surface area contributed by atoms with Crippen LogP contribution in [0.25, 0.3) is 0 Å². The van der Waals surface area contributed by atoms with Crippen molar-refractivity contribution in [3.8, 4) is 6.07 Å². The molecule has 0 saturated carbocycles. The van der Waals surface area contributed by atoms with Crippen LogP contribution < -0.4 is 5.32 Å². The lowest BCUT2D eigenvalue weighted by Gasteiger charge is -2.28. The number of nitrogens with one attached hydrogen (secondary N) is 1. The van der Waals surface area contributed by atoms with Crippen molar-refractivity contribution in [1.82, 2.24) is 5.32 Å². The van der Waals surface area contributed by atoms with Crippen molar-refractivity contribution in [3.63, 3.8) is 0 Å². The molecule has 6 nitrogen and oxygen atoms in total. The van der Waals surface area contributed by atoms with Crippen LogP contribution in [0.3, 0.4) is 0 Å². The lowest BCUT2D eigenvalue weighted by Crippen LogP contribution is -2.29. The first-order valence-corrected chi connectivity index (χ1v) is 10.1. The summed E-state index contributed by atoms with van der Waals surface area (Å²) >= 11 is 2.64. The van der Waals surface area contributed by atoms with Gasteiger partial charge in [-0.25, -0.2) is 4.79 Å². The number of rotatable bonds is 8. The van der Waals surface area contributed by atoms with E-state index >= 15 is 0 Å². The highest BCUT2D eigenvalue weighted by molar-refractivity contribution is 8.03. The first-order chi connectivity index (χ1) is 13.0. The summed E-state index contributed by atoms with van der Waals surface area (Å²) in [4.78, 5) is 25.2. The number of thioether (sulfide) groups is 1. The van der Waals surface area contributed by atoms with Crippen LogP contribution in [0.1, 0.15) is 24.6 Å². The molecule has 0 fully saturated rings. The number of allylic oxidation sites excluding steroid dienone is 2. The van der Waals surface area contributed by atoms with E-state index < -0.39 is 11.9 Å². The summed E-state index contributed by atoms with van der Waals surface area (Å²) in [6.07, 6.45) is 1.49. The van der Waals surface area contributed by atoms with Gasteiger partial charge in [-0.3, -0.25) is 4.79 Å². The summed E-state index contributed by atoms with van der Waals surface area (Å²) in [5.74, 6) is -1.33. The van der Waals surface area contributed by atoms with Gasteiger partial charge in [0.1, 0.15) is 6.61 Å². The average molecular weight is 405 g/mol. The van der Waals surface area contributed by atoms with Gasteiger partial charge in [0.2, 0.25) is 0 Å². The Hall–Kier alpha value is -2.50. The molecular formula is C19H20N2O4S2. The number of hydrogen-bond donors (Lipinski definition) is 1. The van der Waals surface area contributed by atoms with E-state index in [2.05, 4.69) is 18.0 Å². The first-order valence-electron chi connectivity index (χ1n) is 8.25. The molecule has 1 aromatic rings. The monoisotopic (exact) mass is 404 g/mol. The third kappa shape index (κ3) is 5.02. The second kappa shape index (κ2) is 10.00. The van der Waals surface area contributed by atoms with Gasteiger partial charge in [-0.2, -0.15) is 5.26 Å². The highest BCUT2D eigenvalue weighted by atomic mass is 32.2. The molecule has 0 spiro atoms. The summed E-state index contributed by atoms with van der Waals surface area (Å²) in [7, 11) is 0. The normalized spacial score (nSPS) is 16.4. The largest absolute Gasteiger partial charge is 0.465 e. The van der Waals surface area contributed by atoms with Gasteiger partial charge in [-0.1, -0.05) is 30.5 Å². The van der Waals surface area contributed by atoms with Crippen molar-refractivity contribution in [3.05, 3.63) is 56.9 Å². The maximum absolute atomic E-state index is 12.6. The van der Waals surface area contributed by atoms with Gasteiger partial charge < -0.3 is 14.8 Å². The maximum Gasteiger partial charge on any atom is 0.337 e. The SMILES string of the molecule is C=CCOC(=O)C1=C(C)NC(SCC(=O)OCC)=C(C#N)[C@@H]1c1cccs1. The molecule has 1 aliphatic heterocycles. The van der Waals surface area contributed by atoms with Crippen molar-refractivity contribution in [2.75, 3.05) is 19.0 Å². The van der Waals surface area contributed by atoms with Crippen LogP contribution in [0.2, 0.25) is 0 Å². The Morgan fingerprint density at radius 3 is 2.85 bits per heavy atom. The third-order valence-corrected chi connectivity index (χ3v) is 5.59. The van der Waals surface area contributed by atoms with Crippen molar-refractivity contribution < 1.29 is 19.1 Å². The number of carbonyl (C=O) groups is 2. The molecule has 1 N–H and O–H groups in total. The quantitative estimate of drug-likeness (QED) is 0.524. The predicted molar refractivity (Wildman–Crippen MR) is 106 cm³/mol. The number of nitrogens with zero attached hydrogens (tertiary/aromatic N) is 1. The average Bonchev–Trinajstić information content (AvgIpc) is 3.18. The van der Waals surface area contributed by atoms with Gasteiger partial charge in [-0.05, 0) is 25.3 Å². The van der Waals surface area contributed by atoms with Gasteiger partial charge in [0.05, 0.1) is 40.5 Å². The smallest absolute Gasteiger partial charge is 0.337 e. The fourth-order valence-electron chi connectivity index (χ4n) is 2.58. The topological polar surface area (TPSA) is 88.4 Å². The fraction of sp³-hybridized carbons (Fsp3) is 0.316. The minimum atomic E-state index is -0.543. The fourth-order valence-corrected chi connectivity index (χ4v) is 4.32. The van der Waals surface area contributed by atoms with Crippen molar-refractivity contribution in [2.45, 2.75) is 19.8 Å². The summed E-state index contributed by atoms with van der Waals surface area (Å²) in [6.45, 7) is 7.43. The van der Waals surface area contributed by atoms with Crippen molar-refractivity contribution in [1.29, 1.82) is 5.26 Å². The summed E-state index contributed by atoms with van der Waals surface area (Å²) < 4.78 is 10.2. The highest BCUT2D eigenvalue weighted by Gasteiger charge is 2.36. The Labute approximate surface area is 166 Å². The Morgan fingerprint density at radius 2 is 2.26 bits per heavy atom. The van der Waals surface area contributed by atoms with E-state index in [1.165, 1.54) is 29.2 Å². The van der Waals surface area contributed by atoms with Crippen LogP contribution in [-0.4, -0.2) is 30.9 Å². The molecule has 0 amide bonds. The second-order valence-electron chi connectivity index (χ2n) is 5.45. The Balaban J connectivity index is 2.40. The second-order valence-corrected chi connectivity index (χ2v) is 7.41. The number of ether oxygens (including phenoxy) is 2. The predicted octanol–water partition coefficient (Wildman–Crippen LogP) is 3.47. The van der Waals surface area contributed by atoms with E-state index in [1.807, 2.05) is 17.5 Å². The standard InChI is InChI=1S/C19H20N2O4S2/c1-4-8-25-19(23)16-12(3)21-18(27-11-15(22)24-5-2)13(10-20)17(16)14-7-6-9-26-14/h4,6-7,9,17,21H,1,5,8,11H2,2-3H3/t17-/m1/s1. The molecule has 0 aromatic carbocycles. The lowest BCUT2D eigenvalue weighted by atomic mass is 9.87. The molecule has 142 valence electrons. The Bertz CT molecular complexity index is 819. The molecule has 0 aliphatic carbocycles. The van der Waals surface area contributed by atoms with Gasteiger partial charge in [0.15, 0.2) is 0 Å². The summed E-state index contributed by atoms with van der Waals surface area (Å²) in [5, 5.41) is 15.3. The molecular weight excluding hydrogens is 384 g/mol. The summed E-state index contributed by atoms with van der Waals surface area (Å²) in [6, 6.07) is 5.94. The van der Waals surface area contributed by atoms with Crippen molar-refractivity contribution >= 4 is 35.0 Å². The minimum absolute atomic E-state index is 0.0715. The molecule has 0 bridgehead atoms. The van der Waals surface area contributed by atoms with Gasteiger partial charge in [0.25, 0.3) is 0 Å². The highest BCUT2D eigenvalue weighted by Crippen LogP contribution is 2.42. The number of carbonyl (C=O) groups excluding carboxylic acids is 2. The Kier molecular flexibility index (Phi) is 7.70. The van der Waals surface area contributed by atoms with E-state index in [0.717, 1.165) is 4.88 Å². The number of thiophene rings is 1. The van der Waals surface area contributed by atoms with Crippen LogP contribution >= 0.6 is 23.1 Å². The molecule has 0 saturated heterocycles. The zero-order valence-corrected chi connectivity index (χ0v) is 16.7. The van der Waals surface area contributed by atoms with Gasteiger partial charge in [0, 0.05) is 10.6 Å². The molecule has 27 heavy (non-hydrogen) atoms. The van der Waals surface area contributed by atoms with Crippen LogP contribution in [-0.2, 0) is 19.1 Å². The molecule has 1 aliphatic rings. The summed E-state index contributed by atoms with van der Waals surface area (Å²) in [5.41, 5.74) is 1.35. The van der Waals surface area contributed by atoms with E-state index in [9.17, 15) is 14.9 Å². The van der Waals surface area contributed by atoms with Gasteiger partial charge in [-0.15, -0.1) is 11.3 Å². The van der Waals surface area contributed by atoms with Crippen LogP contribution in [0.5, 0.6) is 0 Å². The minimum Gasteiger partial charge on any atom is -0.465 e. The zero-order chi connectivity index (χ0) is 19.8. The molecule has 8 heteroatoms. The molecule has 1 aromatic heterocycles. The van der Waals surface area contributed by atoms with Crippen molar-refractivity contribution in [2.24, 2.45) is 0 Å². The number of esters is 2. The number of hydrogen-bond acceptors (Lipinski definition) is 8. The van der Waals surface area contributed by atoms with E-state index in [4.69, 9.17) is 9.47 Å². The van der Waals surface area contributed by atoms with Gasteiger partial charge >= 0.3 is 11.9 Å². The van der Waals surface area contributed by atoms with E-state index in [-0.39, 0.29) is 18.3 Å². The van der Waals surface area contributed by atoms with Crippen LogP contribution in [0, 0.1) is 11.3 Å².